The Morgan fingerprint density at radius 3 is 0.915 bits per heavy atom. The fraction of sp³-hybridized carbons (Fsp3) is 0.980. The molecule has 0 fully saturated rings. The number of carbonyl (C=O) groups is 1. The van der Waals surface area contributed by atoms with Gasteiger partial charge in [0, 0.05) is 13.0 Å². The SMILES string of the molecule is CCCCCCCCCCCCCCCCCCCCCCCCCCCCCCCCCC(=O)O[C@H](COCCCCCCCCCCCCCC)COP(=O)(O)O. The van der Waals surface area contributed by atoms with Crippen molar-refractivity contribution in [1.82, 2.24) is 0 Å². The van der Waals surface area contributed by atoms with Gasteiger partial charge in [0.1, 0.15) is 6.10 Å². The summed E-state index contributed by atoms with van der Waals surface area (Å²) in [5.74, 6) is -0.353. The first-order valence-electron chi connectivity index (χ1n) is 26.4. The summed E-state index contributed by atoms with van der Waals surface area (Å²) in [5, 5.41) is 0. The molecule has 8 heteroatoms. The highest BCUT2D eigenvalue weighted by Crippen LogP contribution is 2.36. The molecule has 0 aliphatic heterocycles. The van der Waals surface area contributed by atoms with Crippen molar-refractivity contribution >= 4 is 13.8 Å². The second kappa shape index (κ2) is 48.6. The third-order valence-electron chi connectivity index (χ3n) is 12.2. The second-order valence-electron chi connectivity index (χ2n) is 18.2. The van der Waals surface area contributed by atoms with Gasteiger partial charge in [0.05, 0.1) is 13.2 Å². The predicted molar refractivity (Wildman–Crippen MR) is 253 cm³/mol. The smallest absolute Gasteiger partial charge is 0.457 e. The fourth-order valence-corrected chi connectivity index (χ4v) is 8.63. The van der Waals surface area contributed by atoms with Crippen molar-refractivity contribution in [3.05, 3.63) is 0 Å². The molecule has 0 radical (unpaired) electrons. The summed E-state index contributed by atoms with van der Waals surface area (Å²) in [4.78, 5) is 30.7. The highest BCUT2D eigenvalue weighted by atomic mass is 31.2. The monoisotopic (exact) mass is 859 g/mol. The van der Waals surface area contributed by atoms with Crippen LogP contribution in [0.4, 0.5) is 0 Å². The normalized spacial score (nSPS) is 12.4. The number of unbranched alkanes of at least 4 members (excludes halogenated alkanes) is 41. The van der Waals surface area contributed by atoms with E-state index in [4.69, 9.17) is 19.3 Å². The maximum absolute atomic E-state index is 12.5. The lowest BCUT2D eigenvalue weighted by Crippen LogP contribution is -2.28. The maximum Gasteiger partial charge on any atom is 0.469 e. The molecule has 0 saturated carbocycles. The van der Waals surface area contributed by atoms with Gasteiger partial charge in [-0.3, -0.25) is 9.32 Å². The van der Waals surface area contributed by atoms with Gasteiger partial charge in [-0.15, -0.1) is 0 Å². The summed E-state index contributed by atoms with van der Waals surface area (Å²) in [5.41, 5.74) is 0. The average molecular weight is 859 g/mol. The Morgan fingerprint density at radius 1 is 0.390 bits per heavy atom. The Labute approximate surface area is 368 Å². The molecule has 0 unspecified atom stereocenters. The van der Waals surface area contributed by atoms with Gasteiger partial charge in [-0.05, 0) is 12.8 Å². The molecular formula is C51H103O7P. The molecular weight excluding hydrogens is 756 g/mol. The van der Waals surface area contributed by atoms with Gasteiger partial charge >= 0.3 is 13.8 Å². The molecule has 1 atom stereocenters. The Kier molecular flexibility index (Phi) is 48.2. The van der Waals surface area contributed by atoms with E-state index < -0.39 is 13.9 Å². The van der Waals surface area contributed by atoms with Crippen LogP contribution in [0.2, 0.25) is 0 Å². The number of hydrogen-bond donors (Lipinski definition) is 2. The molecule has 0 aromatic carbocycles. The van der Waals surface area contributed by atoms with Crippen LogP contribution in [0.1, 0.15) is 296 Å². The van der Waals surface area contributed by atoms with E-state index >= 15 is 0 Å². The van der Waals surface area contributed by atoms with Crippen LogP contribution in [0.3, 0.4) is 0 Å². The topological polar surface area (TPSA) is 102 Å². The summed E-state index contributed by atoms with van der Waals surface area (Å²) < 4.78 is 27.1. The number of phosphoric acid groups is 1. The van der Waals surface area contributed by atoms with Gasteiger partial charge in [-0.25, -0.2) is 4.57 Å². The van der Waals surface area contributed by atoms with Crippen LogP contribution in [-0.4, -0.2) is 41.7 Å². The first-order valence-corrected chi connectivity index (χ1v) is 27.9. The number of rotatable bonds is 51. The van der Waals surface area contributed by atoms with E-state index in [9.17, 15) is 9.36 Å². The van der Waals surface area contributed by atoms with Crippen molar-refractivity contribution in [2.45, 2.75) is 302 Å². The zero-order valence-electron chi connectivity index (χ0n) is 39.7. The lowest BCUT2D eigenvalue weighted by Gasteiger charge is -2.18. The van der Waals surface area contributed by atoms with E-state index in [-0.39, 0.29) is 19.2 Å². The number of phosphoric ester groups is 1. The Bertz CT molecular complexity index is 865. The van der Waals surface area contributed by atoms with E-state index in [0.29, 0.717) is 13.0 Å². The highest BCUT2D eigenvalue weighted by molar-refractivity contribution is 7.46. The molecule has 0 amide bonds. The molecule has 2 N–H and O–H groups in total. The van der Waals surface area contributed by atoms with E-state index in [2.05, 4.69) is 18.4 Å². The van der Waals surface area contributed by atoms with Crippen LogP contribution in [0.25, 0.3) is 0 Å². The van der Waals surface area contributed by atoms with Gasteiger partial charge in [-0.2, -0.15) is 0 Å². The van der Waals surface area contributed by atoms with Crippen LogP contribution in [0.5, 0.6) is 0 Å². The number of ether oxygens (including phenoxy) is 2. The molecule has 7 nitrogen and oxygen atoms in total. The van der Waals surface area contributed by atoms with Gasteiger partial charge < -0.3 is 19.3 Å². The Morgan fingerprint density at radius 2 is 0.644 bits per heavy atom. The lowest BCUT2D eigenvalue weighted by molar-refractivity contribution is -0.154. The molecule has 0 aliphatic carbocycles. The Balaban J connectivity index is 3.54. The average Bonchev–Trinajstić information content (AvgIpc) is 3.21. The lowest BCUT2D eigenvalue weighted by atomic mass is 10.0. The van der Waals surface area contributed by atoms with Gasteiger partial charge in [0.25, 0.3) is 0 Å². The maximum atomic E-state index is 12.5. The zero-order chi connectivity index (χ0) is 43.0. The van der Waals surface area contributed by atoms with E-state index in [0.717, 1.165) is 32.1 Å². The zero-order valence-corrected chi connectivity index (χ0v) is 40.6. The van der Waals surface area contributed by atoms with Crippen LogP contribution in [0.15, 0.2) is 0 Å². The quantitative estimate of drug-likeness (QED) is 0.0357. The minimum Gasteiger partial charge on any atom is -0.457 e. The highest BCUT2D eigenvalue weighted by Gasteiger charge is 2.21. The standard InChI is InChI=1S/C51H103O7P/c1-3-5-7-9-11-13-15-17-18-19-20-21-22-23-24-25-26-27-28-29-30-31-32-33-34-35-36-38-40-42-44-46-51(52)58-50(49-57-59(53,54)55)48-56-47-45-43-41-39-37-16-14-12-10-8-6-4-2/h50H,3-49H2,1-2H3,(H2,53,54,55)/t50-/m1/s1. The van der Waals surface area contributed by atoms with Crippen molar-refractivity contribution in [2.75, 3.05) is 19.8 Å². The van der Waals surface area contributed by atoms with Crippen molar-refractivity contribution in [1.29, 1.82) is 0 Å². The predicted octanol–water partition coefficient (Wildman–Crippen LogP) is 17.2. The first kappa shape index (κ1) is 58.5. The fourth-order valence-electron chi connectivity index (χ4n) is 8.27. The van der Waals surface area contributed by atoms with Crippen molar-refractivity contribution < 1.29 is 33.1 Å². The molecule has 0 saturated heterocycles. The number of hydrogen-bond acceptors (Lipinski definition) is 5. The molecule has 0 heterocycles. The van der Waals surface area contributed by atoms with Crippen LogP contribution < -0.4 is 0 Å². The Hall–Kier alpha value is -0.460. The molecule has 0 aliphatic rings. The third-order valence-corrected chi connectivity index (χ3v) is 12.6. The van der Waals surface area contributed by atoms with E-state index in [1.54, 1.807) is 0 Å². The van der Waals surface area contributed by atoms with Gasteiger partial charge in [0.2, 0.25) is 0 Å². The van der Waals surface area contributed by atoms with Crippen molar-refractivity contribution in [2.24, 2.45) is 0 Å². The minimum absolute atomic E-state index is 0.0867. The first-order chi connectivity index (χ1) is 28.9. The minimum atomic E-state index is -4.65. The molecule has 354 valence electrons. The molecule has 0 rings (SSSR count). The van der Waals surface area contributed by atoms with Crippen molar-refractivity contribution in [3.63, 3.8) is 0 Å². The summed E-state index contributed by atoms with van der Waals surface area (Å²) in [6.45, 7) is 4.82. The second-order valence-corrected chi connectivity index (χ2v) is 19.5. The molecule has 0 spiro atoms. The van der Waals surface area contributed by atoms with Crippen LogP contribution in [-0.2, 0) is 23.4 Å². The summed E-state index contributed by atoms with van der Waals surface area (Å²) in [6.07, 6.45) is 57.2. The van der Waals surface area contributed by atoms with Gasteiger partial charge in [0.15, 0.2) is 0 Å². The summed E-state index contributed by atoms with van der Waals surface area (Å²) in [7, 11) is -4.65. The summed E-state index contributed by atoms with van der Waals surface area (Å²) >= 11 is 0. The van der Waals surface area contributed by atoms with E-state index in [1.807, 2.05) is 0 Å². The van der Waals surface area contributed by atoms with Gasteiger partial charge in [-0.1, -0.05) is 277 Å². The molecule has 59 heavy (non-hydrogen) atoms. The van der Waals surface area contributed by atoms with Crippen LogP contribution >= 0.6 is 7.82 Å². The number of esters is 1. The molecule has 0 aromatic heterocycles. The number of carbonyl (C=O) groups excluding carboxylic acids is 1. The summed E-state index contributed by atoms with van der Waals surface area (Å²) in [6, 6.07) is 0. The third kappa shape index (κ3) is 51.8. The van der Waals surface area contributed by atoms with Crippen molar-refractivity contribution in [3.8, 4) is 0 Å². The molecule has 0 aromatic rings. The largest absolute Gasteiger partial charge is 0.469 e. The van der Waals surface area contributed by atoms with Crippen LogP contribution in [0, 0.1) is 0 Å². The van der Waals surface area contributed by atoms with E-state index in [1.165, 1.54) is 244 Å². The molecule has 0 bridgehead atoms.